The summed E-state index contributed by atoms with van der Waals surface area (Å²) in [5.41, 5.74) is 6.06. The minimum atomic E-state index is -0.560. The van der Waals surface area contributed by atoms with E-state index in [1.54, 1.807) is 6.07 Å². The number of methoxy groups -OCH3 is 1. The lowest BCUT2D eigenvalue weighted by atomic mass is 10.2. The molecule has 7 heteroatoms. The van der Waals surface area contributed by atoms with E-state index in [9.17, 15) is 4.79 Å². The summed E-state index contributed by atoms with van der Waals surface area (Å²) in [5.74, 6) is 0.275. The topological polar surface area (TPSA) is 73.6 Å². The molecule has 1 aromatic carbocycles. The van der Waals surface area contributed by atoms with E-state index < -0.39 is 5.91 Å². The molecule has 0 saturated carbocycles. The molecule has 1 aromatic rings. The molecule has 0 atom stereocenters. The van der Waals surface area contributed by atoms with Crippen LogP contribution in [0.15, 0.2) is 12.1 Å². The first-order chi connectivity index (χ1) is 10.1. The van der Waals surface area contributed by atoms with Crippen LogP contribution in [-0.4, -0.2) is 26.2 Å². The standard InChI is InChI=1S/C15H23ClN2O3.ClH/c1-3-4-5-6-18-9-11-7-12(16)15(13(8-11)20-2)21-10-14(17)19;/h7-8,18H,3-6,9-10H2,1-2H3,(H2,17,19);1H. The highest BCUT2D eigenvalue weighted by Gasteiger charge is 2.12. The van der Waals surface area contributed by atoms with Crippen LogP contribution in [0.4, 0.5) is 0 Å². The fraction of sp³-hybridized carbons (Fsp3) is 0.533. The van der Waals surface area contributed by atoms with E-state index in [0.29, 0.717) is 23.1 Å². The fourth-order valence-corrected chi connectivity index (χ4v) is 2.18. The molecular weight excluding hydrogens is 327 g/mol. The van der Waals surface area contributed by atoms with Gasteiger partial charge < -0.3 is 20.5 Å². The summed E-state index contributed by atoms with van der Waals surface area (Å²) < 4.78 is 10.5. The number of primary amides is 1. The Balaban J connectivity index is 0.00000441. The molecule has 0 aliphatic heterocycles. The number of benzene rings is 1. The average Bonchev–Trinajstić information content (AvgIpc) is 2.45. The van der Waals surface area contributed by atoms with Gasteiger partial charge in [0.2, 0.25) is 0 Å². The lowest BCUT2D eigenvalue weighted by Crippen LogP contribution is -2.20. The highest BCUT2D eigenvalue weighted by molar-refractivity contribution is 6.32. The molecule has 0 unspecified atom stereocenters. The van der Waals surface area contributed by atoms with Gasteiger partial charge in [-0.1, -0.05) is 31.4 Å². The summed E-state index contributed by atoms with van der Waals surface area (Å²) in [6.07, 6.45) is 3.57. The van der Waals surface area contributed by atoms with E-state index in [0.717, 1.165) is 18.5 Å². The second kappa shape index (κ2) is 11.4. The molecule has 3 N–H and O–H groups in total. The van der Waals surface area contributed by atoms with E-state index in [1.807, 2.05) is 6.07 Å². The Bertz CT molecular complexity index is 470. The Hall–Kier alpha value is -1.17. The Morgan fingerprint density at radius 1 is 1.36 bits per heavy atom. The van der Waals surface area contributed by atoms with Gasteiger partial charge in [-0.25, -0.2) is 0 Å². The maximum absolute atomic E-state index is 10.8. The van der Waals surface area contributed by atoms with Crippen LogP contribution in [0.5, 0.6) is 11.5 Å². The highest BCUT2D eigenvalue weighted by Crippen LogP contribution is 2.36. The second-order valence-electron chi connectivity index (χ2n) is 4.75. The molecular formula is C15H24Cl2N2O3. The lowest BCUT2D eigenvalue weighted by molar-refractivity contribution is -0.119. The quantitative estimate of drug-likeness (QED) is 0.636. The van der Waals surface area contributed by atoms with Gasteiger partial charge in [-0.2, -0.15) is 0 Å². The van der Waals surface area contributed by atoms with E-state index in [1.165, 1.54) is 20.0 Å². The maximum atomic E-state index is 10.8. The van der Waals surface area contributed by atoms with Gasteiger partial charge in [-0.3, -0.25) is 4.79 Å². The average molecular weight is 351 g/mol. The molecule has 0 radical (unpaired) electrons. The third-order valence-electron chi connectivity index (χ3n) is 2.93. The van der Waals surface area contributed by atoms with Crippen molar-refractivity contribution in [3.63, 3.8) is 0 Å². The fourth-order valence-electron chi connectivity index (χ4n) is 1.89. The molecule has 22 heavy (non-hydrogen) atoms. The number of hydrogen-bond acceptors (Lipinski definition) is 4. The molecule has 0 bridgehead atoms. The van der Waals surface area contributed by atoms with Crippen molar-refractivity contribution < 1.29 is 14.3 Å². The monoisotopic (exact) mass is 350 g/mol. The van der Waals surface area contributed by atoms with E-state index in [4.69, 9.17) is 26.8 Å². The molecule has 5 nitrogen and oxygen atoms in total. The van der Waals surface area contributed by atoms with Crippen molar-refractivity contribution in [1.29, 1.82) is 0 Å². The van der Waals surface area contributed by atoms with Crippen molar-refractivity contribution in [2.45, 2.75) is 32.7 Å². The van der Waals surface area contributed by atoms with Crippen LogP contribution in [0, 0.1) is 0 Å². The van der Waals surface area contributed by atoms with Crippen molar-refractivity contribution >= 4 is 29.9 Å². The molecule has 0 aliphatic rings. The molecule has 0 aromatic heterocycles. The third kappa shape index (κ3) is 7.20. The van der Waals surface area contributed by atoms with Crippen molar-refractivity contribution in [3.8, 4) is 11.5 Å². The zero-order valence-corrected chi connectivity index (χ0v) is 14.6. The lowest BCUT2D eigenvalue weighted by Gasteiger charge is -2.13. The number of amides is 1. The van der Waals surface area contributed by atoms with Crippen molar-refractivity contribution in [1.82, 2.24) is 5.32 Å². The summed E-state index contributed by atoms with van der Waals surface area (Å²) in [5, 5.41) is 3.76. The normalized spacial score (nSPS) is 9.95. The minimum Gasteiger partial charge on any atom is -0.493 e. The van der Waals surface area contributed by atoms with E-state index >= 15 is 0 Å². The van der Waals surface area contributed by atoms with Gasteiger partial charge >= 0.3 is 0 Å². The molecule has 1 rings (SSSR count). The number of nitrogens with one attached hydrogen (secondary N) is 1. The second-order valence-corrected chi connectivity index (χ2v) is 5.16. The van der Waals surface area contributed by atoms with Gasteiger partial charge in [-0.15, -0.1) is 12.4 Å². The van der Waals surface area contributed by atoms with E-state index in [2.05, 4.69) is 12.2 Å². The van der Waals surface area contributed by atoms with Crippen molar-refractivity contribution in [3.05, 3.63) is 22.7 Å². The number of nitrogens with two attached hydrogens (primary N) is 1. The highest BCUT2D eigenvalue weighted by atomic mass is 35.5. The number of carbonyl (C=O) groups is 1. The number of rotatable bonds is 10. The number of unbranched alkanes of at least 4 members (excludes halogenated alkanes) is 2. The molecule has 0 fully saturated rings. The predicted molar refractivity (Wildman–Crippen MR) is 91.2 cm³/mol. The number of ether oxygens (including phenoxy) is 2. The minimum absolute atomic E-state index is 0. The number of carbonyl (C=O) groups excluding carboxylic acids is 1. The molecule has 0 spiro atoms. The summed E-state index contributed by atoms with van der Waals surface area (Å²) in [4.78, 5) is 10.8. The van der Waals surface area contributed by atoms with Gasteiger partial charge in [0.1, 0.15) is 0 Å². The molecule has 0 saturated heterocycles. The number of halogens is 2. The molecule has 0 aliphatic carbocycles. The Morgan fingerprint density at radius 3 is 2.68 bits per heavy atom. The first kappa shape index (κ1) is 20.8. The number of hydrogen-bond donors (Lipinski definition) is 2. The summed E-state index contributed by atoms with van der Waals surface area (Å²) >= 11 is 6.17. The van der Waals surface area contributed by atoms with Gasteiger partial charge in [0.15, 0.2) is 18.1 Å². The molecule has 1 amide bonds. The first-order valence-corrected chi connectivity index (χ1v) is 7.44. The van der Waals surface area contributed by atoms with Crippen LogP contribution >= 0.6 is 24.0 Å². The zero-order chi connectivity index (χ0) is 15.7. The van der Waals surface area contributed by atoms with Crippen LogP contribution in [0.25, 0.3) is 0 Å². The van der Waals surface area contributed by atoms with Crippen LogP contribution < -0.4 is 20.5 Å². The Kier molecular flexibility index (Phi) is 10.8. The van der Waals surface area contributed by atoms with Gasteiger partial charge in [0.05, 0.1) is 12.1 Å². The Morgan fingerprint density at radius 2 is 2.09 bits per heavy atom. The summed E-state index contributed by atoms with van der Waals surface area (Å²) in [6.45, 7) is 3.61. The Labute approximate surface area is 142 Å². The predicted octanol–water partition coefficient (Wildman–Crippen LogP) is 2.91. The summed E-state index contributed by atoms with van der Waals surface area (Å²) in [7, 11) is 1.53. The van der Waals surface area contributed by atoms with Crippen LogP contribution in [-0.2, 0) is 11.3 Å². The van der Waals surface area contributed by atoms with Gasteiger partial charge in [-0.05, 0) is 30.7 Å². The third-order valence-corrected chi connectivity index (χ3v) is 3.21. The SMILES string of the molecule is CCCCCNCc1cc(Cl)c(OCC(N)=O)c(OC)c1.Cl. The van der Waals surface area contributed by atoms with E-state index in [-0.39, 0.29) is 19.0 Å². The zero-order valence-electron chi connectivity index (χ0n) is 13.0. The first-order valence-electron chi connectivity index (χ1n) is 7.06. The van der Waals surface area contributed by atoms with Crippen LogP contribution in [0.2, 0.25) is 5.02 Å². The van der Waals surface area contributed by atoms with Crippen LogP contribution in [0.1, 0.15) is 31.7 Å². The van der Waals surface area contributed by atoms with Crippen LogP contribution in [0.3, 0.4) is 0 Å². The van der Waals surface area contributed by atoms with Gasteiger partial charge in [0.25, 0.3) is 5.91 Å². The summed E-state index contributed by atoms with van der Waals surface area (Å²) in [6, 6.07) is 3.64. The maximum Gasteiger partial charge on any atom is 0.255 e. The smallest absolute Gasteiger partial charge is 0.255 e. The van der Waals surface area contributed by atoms with Crippen molar-refractivity contribution in [2.75, 3.05) is 20.3 Å². The van der Waals surface area contributed by atoms with Crippen molar-refractivity contribution in [2.24, 2.45) is 5.73 Å². The van der Waals surface area contributed by atoms with Gasteiger partial charge in [0, 0.05) is 6.54 Å². The largest absolute Gasteiger partial charge is 0.493 e. The molecule has 126 valence electrons. The molecule has 0 heterocycles.